The summed E-state index contributed by atoms with van der Waals surface area (Å²) in [6.45, 7) is 3.89. The van der Waals surface area contributed by atoms with E-state index in [0.717, 1.165) is 6.07 Å². The van der Waals surface area contributed by atoms with Gasteiger partial charge in [0.2, 0.25) is 0 Å². The number of halogens is 2. The van der Waals surface area contributed by atoms with Gasteiger partial charge in [-0.2, -0.15) is 0 Å². The average Bonchev–Trinajstić information content (AvgIpc) is 2.60. The molecule has 0 aliphatic carbocycles. The Morgan fingerprint density at radius 1 is 1.29 bits per heavy atom. The van der Waals surface area contributed by atoms with Gasteiger partial charge >= 0.3 is 0 Å². The average molecular weight is 237 g/mol. The van der Waals surface area contributed by atoms with Gasteiger partial charge in [0, 0.05) is 17.7 Å². The van der Waals surface area contributed by atoms with Crippen molar-refractivity contribution >= 4 is 5.82 Å². The van der Waals surface area contributed by atoms with E-state index in [1.165, 1.54) is 12.1 Å². The molecule has 0 atom stereocenters. The van der Waals surface area contributed by atoms with Gasteiger partial charge in [-0.15, -0.1) is 0 Å². The number of nitrogen functional groups attached to an aromatic ring is 1. The Morgan fingerprint density at radius 2 is 2.00 bits per heavy atom. The zero-order chi connectivity index (χ0) is 12.6. The SMILES string of the molecule is CC(C)n1cnc(-c2ccc(F)cc2F)c1N. The smallest absolute Gasteiger partial charge is 0.135 e. The molecule has 2 aromatic rings. The monoisotopic (exact) mass is 237 g/mol. The van der Waals surface area contributed by atoms with E-state index < -0.39 is 11.6 Å². The van der Waals surface area contributed by atoms with Gasteiger partial charge in [-0.3, -0.25) is 0 Å². The van der Waals surface area contributed by atoms with Gasteiger partial charge in [-0.1, -0.05) is 0 Å². The van der Waals surface area contributed by atoms with E-state index in [1.54, 1.807) is 10.9 Å². The van der Waals surface area contributed by atoms with Crippen LogP contribution in [-0.2, 0) is 0 Å². The van der Waals surface area contributed by atoms with Crippen molar-refractivity contribution in [1.82, 2.24) is 9.55 Å². The second-order valence-corrected chi connectivity index (χ2v) is 4.10. The highest BCUT2D eigenvalue weighted by Crippen LogP contribution is 2.28. The fourth-order valence-electron chi connectivity index (χ4n) is 1.67. The van der Waals surface area contributed by atoms with Gasteiger partial charge in [0.05, 0.1) is 6.33 Å². The van der Waals surface area contributed by atoms with Gasteiger partial charge in [-0.05, 0) is 26.0 Å². The van der Waals surface area contributed by atoms with Crippen molar-refractivity contribution in [3.8, 4) is 11.3 Å². The van der Waals surface area contributed by atoms with Gasteiger partial charge in [0.25, 0.3) is 0 Å². The molecule has 0 amide bonds. The number of rotatable bonds is 2. The topological polar surface area (TPSA) is 43.8 Å². The molecule has 0 radical (unpaired) electrons. The quantitative estimate of drug-likeness (QED) is 0.872. The molecule has 17 heavy (non-hydrogen) atoms. The van der Waals surface area contributed by atoms with Gasteiger partial charge in [0.1, 0.15) is 23.1 Å². The molecule has 90 valence electrons. The number of benzene rings is 1. The minimum absolute atomic E-state index is 0.139. The summed E-state index contributed by atoms with van der Waals surface area (Å²) in [6, 6.07) is 3.49. The van der Waals surface area contributed by atoms with E-state index in [9.17, 15) is 8.78 Å². The summed E-state index contributed by atoms with van der Waals surface area (Å²) in [6.07, 6.45) is 1.55. The van der Waals surface area contributed by atoms with Crippen molar-refractivity contribution in [3.63, 3.8) is 0 Å². The first kappa shape index (κ1) is 11.6. The van der Waals surface area contributed by atoms with Crippen LogP contribution in [0.5, 0.6) is 0 Å². The summed E-state index contributed by atoms with van der Waals surface area (Å²) in [7, 11) is 0. The van der Waals surface area contributed by atoms with E-state index in [2.05, 4.69) is 4.98 Å². The lowest BCUT2D eigenvalue weighted by atomic mass is 10.1. The maximum absolute atomic E-state index is 13.6. The normalized spacial score (nSPS) is 11.1. The molecule has 0 spiro atoms. The fraction of sp³-hybridized carbons (Fsp3) is 0.250. The summed E-state index contributed by atoms with van der Waals surface area (Å²) >= 11 is 0. The second-order valence-electron chi connectivity index (χ2n) is 4.10. The molecule has 2 N–H and O–H groups in total. The number of hydrogen-bond donors (Lipinski definition) is 1. The van der Waals surface area contributed by atoms with Crippen LogP contribution in [0.15, 0.2) is 24.5 Å². The van der Waals surface area contributed by atoms with Gasteiger partial charge < -0.3 is 10.3 Å². The van der Waals surface area contributed by atoms with Crippen LogP contribution in [0.3, 0.4) is 0 Å². The Kier molecular flexibility index (Phi) is 2.83. The first-order valence-corrected chi connectivity index (χ1v) is 5.28. The Balaban J connectivity index is 2.54. The maximum atomic E-state index is 13.6. The maximum Gasteiger partial charge on any atom is 0.135 e. The molecule has 0 fully saturated rings. The molecule has 5 heteroatoms. The van der Waals surface area contributed by atoms with E-state index in [4.69, 9.17) is 5.73 Å². The highest BCUT2D eigenvalue weighted by molar-refractivity contribution is 5.70. The van der Waals surface area contributed by atoms with Crippen molar-refractivity contribution in [2.45, 2.75) is 19.9 Å². The number of aromatic nitrogens is 2. The van der Waals surface area contributed by atoms with Crippen molar-refractivity contribution in [2.75, 3.05) is 5.73 Å². The van der Waals surface area contributed by atoms with Crippen LogP contribution in [0.4, 0.5) is 14.6 Å². The predicted octanol–water partition coefficient (Wildman–Crippen LogP) is 2.99. The Labute approximate surface area is 97.9 Å². The third-order valence-electron chi connectivity index (χ3n) is 2.57. The number of nitrogens with zero attached hydrogens (tertiary/aromatic N) is 2. The zero-order valence-electron chi connectivity index (χ0n) is 9.61. The lowest BCUT2D eigenvalue weighted by Crippen LogP contribution is -2.04. The summed E-state index contributed by atoms with van der Waals surface area (Å²) in [5, 5.41) is 0. The molecule has 1 aromatic heterocycles. The summed E-state index contributed by atoms with van der Waals surface area (Å²) < 4.78 is 28.1. The van der Waals surface area contributed by atoms with Crippen LogP contribution in [0, 0.1) is 11.6 Å². The Morgan fingerprint density at radius 3 is 2.53 bits per heavy atom. The molecule has 0 bridgehead atoms. The molecule has 0 saturated heterocycles. The largest absolute Gasteiger partial charge is 0.383 e. The third-order valence-corrected chi connectivity index (χ3v) is 2.57. The highest BCUT2D eigenvalue weighted by atomic mass is 19.1. The van der Waals surface area contributed by atoms with Crippen LogP contribution in [-0.4, -0.2) is 9.55 Å². The number of nitrogens with two attached hydrogens (primary N) is 1. The number of imidazole rings is 1. The van der Waals surface area contributed by atoms with Crippen molar-refractivity contribution in [2.24, 2.45) is 0 Å². The molecule has 0 saturated carbocycles. The Hall–Kier alpha value is -1.91. The van der Waals surface area contributed by atoms with E-state index in [1.807, 2.05) is 13.8 Å². The molecular formula is C12H13F2N3. The molecule has 0 aliphatic rings. The van der Waals surface area contributed by atoms with Gasteiger partial charge in [0.15, 0.2) is 0 Å². The van der Waals surface area contributed by atoms with Crippen molar-refractivity contribution in [1.29, 1.82) is 0 Å². The lowest BCUT2D eigenvalue weighted by Gasteiger charge is -2.09. The highest BCUT2D eigenvalue weighted by Gasteiger charge is 2.15. The Bertz CT molecular complexity index is 547. The minimum atomic E-state index is -0.661. The molecule has 1 aromatic carbocycles. The number of hydrogen-bond acceptors (Lipinski definition) is 2. The standard InChI is InChI=1S/C12H13F2N3/c1-7(2)17-6-16-11(12(17)15)9-4-3-8(13)5-10(9)14/h3-7H,15H2,1-2H3. The summed E-state index contributed by atoms with van der Waals surface area (Å²) in [5.41, 5.74) is 6.44. The van der Waals surface area contributed by atoms with Crippen molar-refractivity contribution in [3.05, 3.63) is 36.2 Å². The van der Waals surface area contributed by atoms with Crippen LogP contribution >= 0.6 is 0 Å². The summed E-state index contributed by atoms with van der Waals surface area (Å²) in [5.74, 6) is -0.899. The van der Waals surface area contributed by atoms with Crippen LogP contribution < -0.4 is 5.73 Å². The van der Waals surface area contributed by atoms with Crippen molar-refractivity contribution < 1.29 is 8.78 Å². The molecular weight excluding hydrogens is 224 g/mol. The lowest BCUT2D eigenvalue weighted by molar-refractivity contribution is 0.585. The van der Waals surface area contributed by atoms with E-state index in [-0.39, 0.29) is 11.6 Å². The molecule has 2 rings (SSSR count). The first-order valence-electron chi connectivity index (χ1n) is 5.28. The van der Waals surface area contributed by atoms with Gasteiger partial charge in [-0.25, -0.2) is 13.8 Å². The van der Waals surface area contributed by atoms with Crippen LogP contribution in [0.2, 0.25) is 0 Å². The molecule has 3 nitrogen and oxygen atoms in total. The number of anilines is 1. The zero-order valence-corrected chi connectivity index (χ0v) is 9.61. The minimum Gasteiger partial charge on any atom is -0.383 e. The summed E-state index contributed by atoms with van der Waals surface area (Å²) in [4.78, 5) is 4.07. The molecule has 0 aliphatic heterocycles. The fourth-order valence-corrected chi connectivity index (χ4v) is 1.67. The third kappa shape index (κ3) is 2.00. The van der Waals surface area contributed by atoms with E-state index in [0.29, 0.717) is 11.5 Å². The molecule has 1 heterocycles. The molecule has 0 unspecified atom stereocenters. The predicted molar refractivity (Wildman–Crippen MR) is 62.4 cm³/mol. The second kappa shape index (κ2) is 4.16. The van der Waals surface area contributed by atoms with E-state index >= 15 is 0 Å². The van der Waals surface area contributed by atoms with Crippen LogP contribution in [0.1, 0.15) is 19.9 Å². The van der Waals surface area contributed by atoms with Crippen LogP contribution in [0.25, 0.3) is 11.3 Å². The first-order chi connectivity index (χ1) is 8.00.